The number of fused-ring (bicyclic) bond motifs is 3. The van der Waals surface area contributed by atoms with Crippen LogP contribution in [0.1, 0.15) is 58.3 Å². The Kier molecular flexibility index (Phi) is 2.62. The SMILES string of the molecule is C[C@]12CC=C3[C@@H](CC[C@@]45CC6(CC[C@@]34O5)OCCO6)[C@@H]1CC[C@@H]2O. The van der Waals surface area contributed by atoms with Crippen LogP contribution in [0.4, 0.5) is 0 Å². The summed E-state index contributed by atoms with van der Waals surface area (Å²) in [5, 5.41) is 10.5. The summed E-state index contributed by atoms with van der Waals surface area (Å²) in [5.74, 6) is 0.898. The fraction of sp³-hybridized carbons (Fsp3) is 0.900. The Bertz CT molecular complexity index is 623. The molecule has 6 atom stereocenters. The molecule has 2 heterocycles. The van der Waals surface area contributed by atoms with Crippen LogP contribution in [0.5, 0.6) is 0 Å². The van der Waals surface area contributed by atoms with E-state index in [-0.39, 0.29) is 28.5 Å². The Balaban J connectivity index is 1.36. The zero-order valence-corrected chi connectivity index (χ0v) is 14.6. The Morgan fingerprint density at radius 2 is 1.92 bits per heavy atom. The molecular formula is C20H28O4. The number of ether oxygens (including phenoxy) is 3. The second kappa shape index (κ2) is 4.28. The minimum atomic E-state index is -0.361. The fourth-order valence-electron chi connectivity index (χ4n) is 7.31. The number of aliphatic hydroxyl groups is 1. The van der Waals surface area contributed by atoms with Gasteiger partial charge in [0.15, 0.2) is 5.79 Å². The zero-order chi connectivity index (χ0) is 16.2. The number of rotatable bonds is 0. The molecule has 4 heteroatoms. The van der Waals surface area contributed by atoms with Crippen LogP contribution in [-0.4, -0.2) is 41.4 Å². The lowest BCUT2D eigenvalue weighted by atomic mass is 9.54. The monoisotopic (exact) mass is 332 g/mol. The summed E-state index contributed by atoms with van der Waals surface area (Å²) in [6.45, 7) is 3.77. The minimum absolute atomic E-state index is 0.0225. The highest BCUT2D eigenvalue weighted by Gasteiger charge is 2.79. The lowest BCUT2D eigenvalue weighted by Crippen LogP contribution is -2.52. The van der Waals surface area contributed by atoms with Crippen molar-refractivity contribution in [1.29, 1.82) is 0 Å². The highest BCUT2D eigenvalue weighted by Crippen LogP contribution is 2.73. The Labute approximate surface area is 143 Å². The first-order valence-electron chi connectivity index (χ1n) is 9.89. The largest absolute Gasteiger partial charge is 0.393 e. The Hall–Kier alpha value is -0.420. The molecular weight excluding hydrogens is 304 g/mol. The van der Waals surface area contributed by atoms with Crippen LogP contribution in [0, 0.1) is 17.3 Å². The first-order valence-corrected chi connectivity index (χ1v) is 9.89. The van der Waals surface area contributed by atoms with E-state index in [1.54, 1.807) is 5.57 Å². The lowest BCUT2D eigenvalue weighted by Gasteiger charge is -2.49. The summed E-state index contributed by atoms with van der Waals surface area (Å²) in [4.78, 5) is 0. The van der Waals surface area contributed by atoms with Gasteiger partial charge in [0, 0.05) is 18.3 Å². The summed E-state index contributed by atoms with van der Waals surface area (Å²) in [6, 6.07) is 0. The predicted molar refractivity (Wildman–Crippen MR) is 87.3 cm³/mol. The fourth-order valence-corrected chi connectivity index (χ4v) is 7.31. The molecule has 0 aromatic rings. The molecule has 4 nitrogen and oxygen atoms in total. The van der Waals surface area contributed by atoms with Crippen molar-refractivity contribution in [3.63, 3.8) is 0 Å². The Morgan fingerprint density at radius 1 is 1.08 bits per heavy atom. The van der Waals surface area contributed by atoms with Crippen molar-refractivity contribution in [2.75, 3.05) is 13.2 Å². The van der Waals surface area contributed by atoms with E-state index < -0.39 is 0 Å². The highest BCUT2D eigenvalue weighted by molar-refractivity contribution is 5.43. The van der Waals surface area contributed by atoms with Crippen molar-refractivity contribution >= 4 is 0 Å². The van der Waals surface area contributed by atoms with Gasteiger partial charge in [0.05, 0.1) is 19.3 Å². The van der Waals surface area contributed by atoms with E-state index in [1.807, 2.05) is 0 Å². The van der Waals surface area contributed by atoms with E-state index >= 15 is 0 Å². The van der Waals surface area contributed by atoms with Crippen molar-refractivity contribution in [2.24, 2.45) is 17.3 Å². The minimum Gasteiger partial charge on any atom is -0.393 e. The molecule has 1 spiro atoms. The van der Waals surface area contributed by atoms with Crippen LogP contribution >= 0.6 is 0 Å². The quantitative estimate of drug-likeness (QED) is 0.547. The molecule has 132 valence electrons. The van der Waals surface area contributed by atoms with E-state index in [4.69, 9.17) is 14.2 Å². The number of allylic oxidation sites excluding steroid dienone is 1. The van der Waals surface area contributed by atoms with Crippen LogP contribution in [0.2, 0.25) is 0 Å². The molecule has 4 aliphatic carbocycles. The van der Waals surface area contributed by atoms with Gasteiger partial charge in [0.25, 0.3) is 0 Å². The molecule has 6 rings (SSSR count). The van der Waals surface area contributed by atoms with Gasteiger partial charge >= 0.3 is 0 Å². The standard InChI is InChI=1S/C20H28O4/c1-17-6-5-15-13(14(17)2-3-16(17)21)4-7-18-12-19(22-10-11-23-19)8-9-20(15,18)24-18/h5,13-14,16,21H,2-4,6-12H2,1H3/t13-,14-,16-,17-,18+,20+/m0/s1. The maximum absolute atomic E-state index is 10.5. The first kappa shape index (κ1) is 14.7. The maximum atomic E-state index is 10.5. The lowest BCUT2D eigenvalue weighted by molar-refractivity contribution is -0.185. The maximum Gasteiger partial charge on any atom is 0.171 e. The third-order valence-electron chi connectivity index (χ3n) is 8.62. The van der Waals surface area contributed by atoms with Gasteiger partial charge in [-0.15, -0.1) is 0 Å². The van der Waals surface area contributed by atoms with Crippen molar-refractivity contribution in [3.8, 4) is 0 Å². The predicted octanol–water partition coefficient (Wildman–Crippen LogP) is 2.94. The average molecular weight is 332 g/mol. The van der Waals surface area contributed by atoms with Gasteiger partial charge in [0.2, 0.25) is 0 Å². The topological polar surface area (TPSA) is 51.2 Å². The number of epoxide rings is 1. The van der Waals surface area contributed by atoms with Crippen molar-refractivity contribution < 1.29 is 19.3 Å². The van der Waals surface area contributed by atoms with Crippen LogP contribution < -0.4 is 0 Å². The first-order chi connectivity index (χ1) is 11.5. The average Bonchev–Trinajstić information content (AvgIpc) is 2.88. The summed E-state index contributed by atoms with van der Waals surface area (Å²) in [5.41, 5.74) is 1.62. The van der Waals surface area contributed by atoms with Crippen molar-refractivity contribution in [1.82, 2.24) is 0 Å². The molecule has 0 amide bonds. The molecule has 0 aromatic heterocycles. The molecule has 6 aliphatic rings. The van der Waals surface area contributed by atoms with Gasteiger partial charge in [-0.05, 0) is 55.9 Å². The van der Waals surface area contributed by atoms with Gasteiger partial charge in [-0.2, -0.15) is 0 Å². The molecule has 0 aromatic carbocycles. The number of aliphatic hydroxyl groups excluding tert-OH is 1. The summed E-state index contributed by atoms with van der Waals surface area (Å²) >= 11 is 0. The van der Waals surface area contributed by atoms with Gasteiger partial charge in [-0.1, -0.05) is 13.0 Å². The summed E-state index contributed by atoms with van der Waals surface area (Å²) in [6.07, 6.45) is 10.8. The molecule has 5 fully saturated rings. The summed E-state index contributed by atoms with van der Waals surface area (Å²) < 4.78 is 18.6. The van der Waals surface area contributed by atoms with Crippen LogP contribution in [0.15, 0.2) is 11.6 Å². The van der Waals surface area contributed by atoms with Crippen LogP contribution in [-0.2, 0) is 14.2 Å². The second-order valence-corrected chi connectivity index (χ2v) is 9.42. The van der Waals surface area contributed by atoms with Gasteiger partial charge in [-0.3, -0.25) is 0 Å². The third-order valence-corrected chi connectivity index (χ3v) is 8.62. The van der Waals surface area contributed by atoms with E-state index in [9.17, 15) is 5.11 Å². The molecule has 0 radical (unpaired) electrons. The molecule has 1 N–H and O–H groups in total. The molecule has 24 heavy (non-hydrogen) atoms. The molecule has 2 saturated heterocycles. The third kappa shape index (κ3) is 1.52. The van der Waals surface area contributed by atoms with Crippen LogP contribution in [0.3, 0.4) is 0 Å². The second-order valence-electron chi connectivity index (χ2n) is 9.42. The van der Waals surface area contributed by atoms with E-state index in [0.29, 0.717) is 11.8 Å². The zero-order valence-electron chi connectivity index (χ0n) is 14.6. The Morgan fingerprint density at radius 3 is 2.75 bits per heavy atom. The smallest absolute Gasteiger partial charge is 0.171 e. The molecule has 3 saturated carbocycles. The van der Waals surface area contributed by atoms with E-state index in [2.05, 4.69) is 13.0 Å². The van der Waals surface area contributed by atoms with Gasteiger partial charge in [-0.25, -0.2) is 0 Å². The number of hydrogen-bond acceptors (Lipinski definition) is 4. The van der Waals surface area contributed by atoms with Crippen molar-refractivity contribution in [2.45, 2.75) is 81.4 Å². The summed E-state index contributed by atoms with van der Waals surface area (Å²) in [7, 11) is 0. The van der Waals surface area contributed by atoms with Crippen molar-refractivity contribution in [3.05, 3.63) is 11.6 Å². The number of hydrogen-bond donors (Lipinski definition) is 1. The highest BCUT2D eigenvalue weighted by atomic mass is 16.7. The normalized spacial score (nSPS) is 56.9. The molecule has 0 unspecified atom stereocenters. The van der Waals surface area contributed by atoms with Gasteiger partial charge in [0.1, 0.15) is 11.2 Å². The van der Waals surface area contributed by atoms with E-state index in [1.165, 1.54) is 12.8 Å². The van der Waals surface area contributed by atoms with Gasteiger partial charge < -0.3 is 19.3 Å². The van der Waals surface area contributed by atoms with Crippen LogP contribution in [0.25, 0.3) is 0 Å². The molecule has 0 bridgehead atoms. The van der Waals surface area contributed by atoms with E-state index in [0.717, 1.165) is 51.7 Å². The molecule has 2 aliphatic heterocycles.